The number of rotatable bonds is 16. The first-order chi connectivity index (χ1) is 24.3. The predicted octanol–water partition coefficient (Wildman–Crippen LogP) is 5.86. The maximum absolute atomic E-state index is 14.1. The number of methoxy groups -OCH3 is 7. The molecule has 0 unspecified atom stereocenters. The number of benzene rings is 3. The van der Waals surface area contributed by atoms with Gasteiger partial charge in [-0.1, -0.05) is 11.8 Å². The second-order valence-electron chi connectivity index (χ2n) is 10.5. The van der Waals surface area contributed by atoms with Crippen molar-refractivity contribution in [2.45, 2.75) is 18.5 Å². The smallest absolute Gasteiger partial charge is 0.239 e. The molecule has 0 N–H and O–H groups in total. The summed E-state index contributed by atoms with van der Waals surface area (Å²) in [7, 11) is 10.7. The van der Waals surface area contributed by atoms with Gasteiger partial charge in [-0.05, 0) is 37.6 Å². The lowest BCUT2D eigenvalue weighted by Gasteiger charge is -2.17. The first-order valence-corrected chi connectivity index (χ1v) is 16.3. The molecule has 0 spiro atoms. The van der Waals surface area contributed by atoms with Crippen molar-refractivity contribution >= 4 is 28.9 Å². The Balaban J connectivity index is 1.41. The van der Waals surface area contributed by atoms with Crippen LogP contribution in [0.1, 0.15) is 17.8 Å². The van der Waals surface area contributed by atoms with Crippen LogP contribution in [0.25, 0.3) is 22.3 Å². The molecule has 0 saturated heterocycles. The van der Waals surface area contributed by atoms with Gasteiger partial charge in [0.05, 0.1) is 62.6 Å². The minimum atomic E-state index is -0.416. The molecule has 14 nitrogen and oxygen atoms in total. The molecule has 0 aliphatic rings. The van der Waals surface area contributed by atoms with Gasteiger partial charge < -0.3 is 42.3 Å². The maximum Gasteiger partial charge on any atom is 0.239 e. The number of aryl methyl sites for hydroxylation is 1. The largest absolute Gasteiger partial charge is 0.497 e. The highest BCUT2D eigenvalue weighted by Gasteiger charge is 2.24. The van der Waals surface area contributed by atoms with Gasteiger partial charge in [0.1, 0.15) is 34.0 Å². The van der Waals surface area contributed by atoms with E-state index >= 15 is 0 Å². The number of hydrogen-bond donors (Lipinski definition) is 0. The molecule has 0 aliphatic carbocycles. The predicted molar refractivity (Wildman–Crippen MR) is 189 cm³/mol. The summed E-state index contributed by atoms with van der Waals surface area (Å²) in [6.45, 7) is 1.99. The van der Waals surface area contributed by atoms with Gasteiger partial charge in [0.25, 0.3) is 0 Å². The van der Waals surface area contributed by atoms with E-state index in [9.17, 15) is 4.79 Å². The fraction of sp³-hybridized carbons (Fsp3) is 0.314. The summed E-state index contributed by atoms with van der Waals surface area (Å²) in [5, 5.41) is 13.9. The molecule has 50 heavy (non-hydrogen) atoms. The summed E-state index contributed by atoms with van der Waals surface area (Å²) in [5.74, 6) is 4.54. The van der Waals surface area contributed by atoms with E-state index in [-0.39, 0.29) is 34.8 Å². The van der Waals surface area contributed by atoms with Gasteiger partial charge in [0.2, 0.25) is 22.1 Å². The summed E-state index contributed by atoms with van der Waals surface area (Å²) in [5.41, 5.74) is 1.07. The first kappa shape index (κ1) is 35.7. The summed E-state index contributed by atoms with van der Waals surface area (Å²) >= 11 is 1.45. The molecule has 0 aliphatic heterocycles. The lowest BCUT2D eigenvalue weighted by Crippen LogP contribution is -2.13. The average Bonchev–Trinajstić information content (AvgIpc) is 3.50. The van der Waals surface area contributed by atoms with E-state index in [1.807, 2.05) is 19.1 Å². The molecule has 5 aromatic rings. The number of hydrogen-bond acceptors (Lipinski definition) is 14. The Kier molecular flexibility index (Phi) is 11.6. The Hall–Kier alpha value is -5.57. The molecule has 5 rings (SSSR count). The van der Waals surface area contributed by atoms with Gasteiger partial charge in [-0.2, -0.15) is 9.78 Å². The number of thioether (sulfide) groups is 1. The summed E-state index contributed by atoms with van der Waals surface area (Å²) in [6.07, 6.45) is 2.22. The highest BCUT2D eigenvalue weighted by atomic mass is 32.2. The van der Waals surface area contributed by atoms with Gasteiger partial charge in [0.15, 0.2) is 23.1 Å². The van der Waals surface area contributed by atoms with E-state index in [0.29, 0.717) is 63.2 Å². The molecule has 15 heteroatoms. The van der Waals surface area contributed by atoms with Crippen molar-refractivity contribution < 1.29 is 42.3 Å². The number of fused-ring (bicyclic) bond motifs is 1. The van der Waals surface area contributed by atoms with Crippen molar-refractivity contribution in [3.05, 3.63) is 64.1 Å². The van der Waals surface area contributed by atoms with Crippen LogP contribution < -0.4 is 43.3 Å². The first-order valence-electron chi connectivity index (χ1n) is 15.3. The van der Waals surface area contributed by atoms with E-state index < -0.39 is 5.43 Å². The van der Waals surface area contributed by atoms with Crippen LogP contribution in [0.4, 0.5) is 0 Å². The molecular weight excluding hydrogens is 668 g/mol. The zero-order chi connectivity index (χ0) is 35.8. The number of ether oxygens (including phenoxy) is 8. The average molecular weight is 707 g/mol. The molecule has 2 heterocycles. The fourth-order valence-electron chi connectivity index (χ4n) is 5.06. The molecule has 0 fully saturated rings. The van der Waals surface area contributed by atoms with Gasteiger partial charge in [0, 0.05) is 35.1 Å². The van der Waals surface area contributed by atoms with E-state index in [1.54, 1.807) is 55.4 Å². The SMILES string of the molecule is COc1ccc(C=Nn2c(C)nnc2SCCCOc2c(-c3cc(OC)c(OC)c(OC)c3)oc3cc(OC)cc(OC)c3c2=O)c(OC)c1. The van der Waals surface area contributed by atoms with E-state index in [4.69, 9.17) is 42.3 Å². The molecule has 0 bridgehead atoms. The zero-order valence-electron chi connectivity index (χ0n) is 29.0. The quantitative estimate of drug-likeness (QED) is 0.0686. The van der Waals surface area contributed by atoms with Crippen LogP contribution in [0.3, 0.4) is 0 Å². The van der Waals surface area contributed by atoms with Gasteiger partial charge >= 0.3 is 0 Å². The summed E-state index contributed by atoms with van der Waals surface area (Å²) in [6, 6.07) is 12.1. The Morgan fingerprint density at radius 3 is 2.10 bits per heavy atom. The van der Waals surface area contributed by atoms with Crippen molar-refractivity contribution in [1.82, 2.24) is 14.9 Å². The Morgan fingerprint density at radius 1 is 0.780 bits per heavy atom. The van der Waals surface area contributed by atoms with E-state index in [0.717, 1.165) is 5.56 Å². The van der Waals surface area contributed by atoms with E-state index in [2.05, 4.69) is 15.3 Å². The molecule has 3 aromatic carbocycles. The van der Waals surface area contributed by atoms with Gasteiger partial charge in [-0.3, -0.25) is 4.79 Å². The summed E-state index contributed by atoms with van der Waals surface area (Å²) < 4.78 is 52.5. The molecule has 264 valence electrons. The van der Waals surface area contributed by atoms with Crippen molar-refractivity contribution in [2.24, 2.45) is 5.10 Å². The Bertz CT molecular complexity index is 2040. The number of nitrogens with zero attached hydrogens (tertiary/aromatic N) is 4. The molecule has 0 atom stereocenters. The Morgan fingerprint density at radius 2 is 1.46 bits per heavy atom. The van der Waals surface area contributed by atoms with Crippen LogP contribution in [0.2, 0.25) is 0 Å². The van der Waals surface area contributed by atoms with Crippen molar-refractivity contribution in [3.8, 4) is 57.3 Å². The minimum Gasteiger partial charge on any atom is -0.497 e. The minimum absolute atomic E-state index is 0.00251. The molecule has 0 amide bonds. The highest BCUT2D eigenvalue weighted by molar-refractivity contribution is 7.99. The van der Waals surface area contributed by atoms with Crippen LogP contribution >= 0.6 is 11.8 Å². The third kappa shape index (κ3) is 7.37. The van der Waals surface area contributed by atoms with E-state index in [1.165, 1.54) is 47.3 Å². The molecule has 2 aromatic heterocycles. The van der Waals surface area contributed by atoms with Gasteiger partial charge in [-0.25, -0.2) is 0 Å². The third-order valence-corrected chi connectivity index (χ3v) is 8.57. The van der Waals surface area contributed by atoms with Crippen LogP contribution in [0.5, 0.6) is 46.0 Å². The van der Waals surface area contributed by atoms with Crippen molar-refractivity contribution in [2.75, 3.05) is 62.1 Å². The lowest BCUT2D eigenvalue weighted by molar-refractivity contribution is 0.309. The molecular formula is C35H38N4O10S. The third-order valence-electron chi connectivity index (χ3n) is 7.56. The lowest BCUT2D eigenvalue weighted by atomic mass is 10.1. The molecule has 0 saturated carbocycles. The maximum atomic E-state index is 14.1. The van der Waals surface area contributed by atoms with Crippen molar-refractivity contribution in [3.63, 3.8) is 0 Å². The monoisotopic (exact) mass is 706 g/mol. The molecule has 0 radical (unpaired) electrons. The summed E-state index contributed by atoms with van der Waals surface area (Å²) in [4.78, 5) is 14.1. The second kappa shape index (κ2) is 16.2. The van der Waals surface area contributed by atoms with Crippen LogP contribution in [0, 0.1) is 6.92 Å². The van der Waals surface area contributed by atoms with Crippen molar-refractivity contribution in [1.29, 1.82) is 0 Å². The van der Waals surface area contributed by atoms with Crippen LogP contribution in [-0.2, 0) is 0 Å². The standard InChI is InChI=1S/C35H38N4O10S/c1-20-37-38-35(39(20)36-19-21-10-11-23(41-2)16-25(21)43-4)50-13-9-12-48-34-31(40)30-26(44-5)17-24(42-3)18-27(30)49-32(34)22-14-28(45-6)33(47-8)29(15-22)46-7/h10-11,14-19H,9,12-13H2,1-8H3. The zero-order valence-corrected chi connectivity index (χ0v) is 29.8. The van der Waals surface area contributed by atoms with Gasteiger partial charge in [-0.15, -0.1) is 10.2 Å². The normalized spacial score (nSPS) is 11.1. The van der Waals surface area contributed by atoms with Crippen LogP contribution in [0.15, 0.2) is 61.9 Å². The second-order valence-corrected chi connectivity index (χ2v) is 11.5. The topological polar surface area (TPSA) is 147 Å². The van der Waals surface area contributed by atoms with Crippen LogP contribution in [-0.4, -0.2) is 83.2 Å². The Labute approximate surface area is 292 Å². The highest BCUT2D eigenvalue weighted by Crippen LogP contribution is 2.44. The number of aromatic nitrogens is 3. The fourth-order valence-corrected chi connectivity index (χ4v) is 5.90.